The molecule has 0 saturated carbocycles. The Bertz CT molecular complexity index is 767. The third kappa shape index (κ3) is 3.65. The maximum atomic E-state index is 15.1. The minimum Gasteiger partial charge on any atom is -0.186 e. The summed E-state index contributed by atoms with van der Waals surface area (Å²) in [6.45, 7) is 12.8. The molecule has 0 spiro atoms. The highest BCUT2D eigenvalue weighted by molar-refractivity contribution is 6.90. The quantitative estimate of drug-likeness (QED) is 0.402. The van der Waals surface area contributed by atoms with E-state index in [1.165, 1.54) is 6.07 Å². The van der Waals surface area contributed by atoms with Gasteiger partial charge in [0.15, 0.2) is 0 Å². The zero-order chi connectivity index (χ0) is 18.8. The lowest BCUT2D eigenvalue weighted by molar-refractivity contribution is 0.0656. The largest absolute Gasteiger partial charge is 0.333 e. The fourth-order valence-corrected chi connectivity index (χ4v) is 9.43. The predicted octanol–water partition coefficient (Wildman–Crippen LogP) is 7.15. The first-order chi connectivity index (χ1) is 11.6. The Morgan fingerprint density at radius 3 is 1.88 bits per heavy atom. The van der Waals surface area contributed by atoms with E-state index in [0.29, 0.717) is 22.0 Å². The van der Waals surface area contributed by atoms with Gasteiger partial charge in [-0.05, 0) is 33.3 Å². The van der Waals surface area contributed by atoms with E-state index in [4.69, 9.17) is 0 Å². The van der Waals surface area contributed by atoms with Crippen molar-refractivity contribution in [2.24, 2.45) is 0 Å². The molecule has 2 aromatic carbocycles. The van der Waals surface area contributed by atoms with Gasteiger partial charge in [-0.25, -0.2) is 0 Å². The van der Waals surface area contributed by atoms with Crippen molar-refractivity contribution < 1.29 is 8.78 Å². The highest BCUT2D eigenvalue weighted by Gasteiger charge is 2.43. The zero-order valence-electron chi connectivity index (χ0n) is 16.0. The normalized spacial score (nSPS) is 12.8. The van der Waals surface area contributed by atoms with Gasteiger partial charge in [0, 0.05) is 5.56 Å². The SMILES string of the molecule is CC(C)[Si](C#CC(F)(F)c1cccc2ccccc12)(C(C)C)C(C)C. The number of alkyl halides is 2. The topological polar surface area (TPSA) is 0 Å². The summed E-state index contributed by atoms with van der Waals surface area (Å²) in [4.78, 5) is 0. The van der Waals surface area contributed by atoms with Crippen LogP contribution in [0.25, 0.3) is 10.8 Å². The Labute approximate surface area is 151 Å². The summed E-state index contributed by atoms with van der Waals surface area (Å²) in [6.07, 6.45) is 0. The molecule has 0 nitrogen and oxygen atoms in total. The molecule has 0 heterocycles. The summed E-state index contributed by atoms with van der Waals surface area (Å²) >= 11 is 0. The van der Waals surface area contributed by atoms with Crippen LogP contribution in [0.5, 0.6) is 0 Å². The lowest BCUT2D eigenvalue weighted by Gasteiger charge is -2.38. The summed E-state index contributed by atoms with van der Waals surface area (Å²) in [6, 6.07) is 12.3. The van der Waals surface area contributed by atoms with Gasteiger partial charge in [0.2, 0.25) is 0 Å². The van der Waals surface area contributed by atoms with Crippen molar-refractivity contribution in [1.29, 1.82) is 0 Å². The van der Waals surface area contributed by atoms with Crippen molar-refractivity contribution in [3.8, 4) is 11.5 Å². The van der Waals surface area contributed by atoms with E-state index in [0.717, 1.165) is 5.39 Å². The standard InChI is InChI=1S/C22H28F2Si/c1-16(2)25(17(3)4,18(5)6)15-14-22(23,24)21-13-9-11-19-10-7-8-12-20(19)21/h7-13,16-18H,1-6H3. The number of rotatable bonds is 4. The van der Waals surface area contributed by atoms with Crippen LogP contribution >= 0.6 is 0 Å². The van der Waals surface area contributed by atoms with E-state index in [1.807, 2.05) is 18.2 Å². The molecule has 2 rings (SSSR count). The molecule has 3 heteroatoms. The molecule has 0 aliphatic carbocycles. The zero-order valence-corrected chi connectivity index (χ0v) is 17.0. The molecule has 0 radical (unpaired) electrons. The highest BCUT2D eigenvalue weighted by Crippen LogP contribution is 2.41. The summed E-state index contributed by atoms with van der Waals surface area (Å²) in [5, 5.41) is 1.40. The molecule has 25 heavy (non-hydrogen) atoms. The van der Waals surface area contributed by atoms with Gasteiger partial charge in [-0.1, -0.05) is 84.0 Å². The Morgan fingerprint density at radius 2 is 1.32 bits per heavy atom. The summed E-state index contributed by atoms with van der Waals surface area (Å²) in [5.74, 6) is -0.710. The maximum absolute atomic E-state index is 15.1. The second kappa shape index (κ2) is 7.29. The number of benzene rings is 2. The van der Waals surface area contributed by atoms with Gasteiger partial charge in [0.1, 0.15) is 8.07 Å². The van der Waals surface area contributed by atoms with Crippen LogP contribution in [0, 0.1) is 11.5 Å². The predicted molar refractivity (Wildman–Crippen MR) is 107 cm³/mol. The Balaban J connectivity index is 2.59. The second-order valence-corrected chi connectivity index (χ2v) is 13.3. The Kier molecular flexibility index (Phi) is 5.74. The third-order valence-electron chi connectivity index (χ3n) is 5.43. The minimum absolute atomic E-state index is 0.0114. The molecule has 0 atom stereocenters. The van der Waals surface area contributed by atoms with E-state index in [1.54, 1.807) is 18.2 Å². The Morgan fingerprint density at radius 1 is 0.800 bits per heavy atom. The van der Waals surface area contributed by atoms with Crippen LogP contribution in [-0.2, 0) is 5.92 Å². The molecule has 0 aliphatic heterocycles. The number of halogens is 2. The minimum atomic E-state index is -3.14. The molecule has 0 aromatic heterocycles. The number of hydrogen-bond acceptors (Lipinski definition) is 0. The van der Waals surface area contributed by atoms with Gasteiger partial charge in [-0.3, -0.25) is 0 Å². The van der Waals surface area contributed by atoms with E-state index >= 15 is 8.78 Å². The van der Waals surface area contributed by atoms with Crippen LogP contribution in [0.4, 0.5) is 8.78 Å². The van der Waals surface area contributed by atoms with Gasteiger partial charge in [-0.15, -0.1) is 5.54 Å². The van der Waals surface area contributed by atoms with Crippen molar-refractivity contribution >= 4 is 18.8 Å². The van der Waals surface area contributed by atoms with Gasteiger partial charge in [0.25, 0.3) is 0 Å². The van der Waals surface area contributed by atoms with Crippen LogP contribution in [0.2, 0.25) is 16.6 Å². The summed E-state index contributed by atoms with van der Waals surface area (Å²) < 4.78 is 30.1. The average Bonchev–Trinajstić information content (AvgIpc) is 2.53. The smallest absolute Gasteiger partial charge is 0.186 e. The van der Waals surface area contributed by atoms with E-state index < -0.39 is 14.0 Å². The van der Waals surface area contributed by atoms with Crippen molar-refractivity contribution in [3.05, 3.63) is 48.0 Å². The van der Waals surface area contributed by atoms with Gasteiger partial charge in [-0.2, -0.15) is 8.78 Å². The van der Waals surface area contributed by atoms with Gasteiger partial charge < -0.3 is 0 Å². The molecule has 0 fully saturated rings. The first kappa shape index (κ1) is 19.7. The summed E-state index contributed by atoms with van der Waals surface area (Å²) in [5.41, 5.74) is 4.19. The van der Waals surface area contributed by atoms with Gasteiger partial charge in [0.05, 0.1) is 0 Å². The number of hydrogen-bond donors (Lipinski definition) is 0. The van der Waals surface area contributed by atoms with E-state index in [9.17, 15) is 0 Å². The van der Waals surface area contributed by atoms with Crippen molar-refractivity contribution in [1.82, 2.24) is 0 Å². The second-order valence-electron chi connectivity index (χ2n) is 7.75. The molecule has 0 saturated heterocycles. The van der Waals surface area contributed by atoms with Crippen LogP contribution in [0.3, 0.4) is 0 Å². The first-order valence-corrected chi connectivity index (χ1v) is 11.3. The molecule has 0 bridgehead atoms. The lowest BCUT2D eigenvalue weighted by Crippen LogP contribution is -2.43. The molecule has 2 aromatic rings. The van der Waals surface area contributed by atoms with E-state index in [2.05, 4.69) is 53.0 Å². The van der Waals surface area contributed by atoms with Crippen molar-refractivity contribution in [2.45, 2.75) is 64.1 Å². The van der Waals surface area contributed by atoms with Crippen molar-refractivity contribution in [3.63, 3.8) is 0 Å². The fourth-order valence-electron chi connectivity index (χ4n) is 4.19. The molecule has 0 unspecified atom stereocenters. The lowest BCUT2D eigenvalue weighted by atomic mass is 10.0. The first-order valence-electron chi connectivity index (χ1n) is 9.03. The van der Waals surface area contributed by atoms with Crippen LogP contribution < -0.4 is 0 Å². The van der Waals surface area contributed by atoms with E-state index in [-0.39, 0.29) is 5.56 Å². The molecular weight excluding hydrogens is 330 g/mol. The summed E-state index contributed by atoms with van der Waals surface area (Å²) in [7, 11) is -2.18. The average molecular weight is 359 g/mol. The highest BCUT2D eigenvalue weighted by atomic mass is 28.3. The van der Waals surface area contributed by atoms with Crippen molar-refractivity contribution in [2.75, 3.05) is 0 Å². The third-order valence-corrected chi connectivity index (χ3v) is 11.7. The van der Waals surface area contributed by atoms with Crippen LogP contribution in [-0.4, -0.2) is 8.07 Å². The maximum Gasteiger partial charge on any atom is 0.333 e. The van der Waals surface area contributed by atoms with Crippen LogP contribution in [0.15, 0.2) is 42.5 Å². The van der Waals surface area contributed by atoms with Crippen LogP contribution in [0.1, 0.15) is 47.1 Å². The fraction of sp³-hybridized carbons (Fsp3) is 0.455. The molecule has 0 aliphatic rings. The molecule has 134 valence electrons. The Hall–Kier alpha value is -1.66. The molecule has 0 amide bonds. The number of fused-ring (bicyclic) bond motifs is 1. The molecule has 0 N–H and O–H groups in total. The molecular formula is C22H28F2Si. The van der Waals surface area contributed by atoms with Gasteiger partial charge >= 0.3 is 5.92 Å². The monoisotopic (exact) mass is 358 g/mol.